The molecule has 0 aliphatic carbocycles. The van der Waals surface area contributed by atoms with Gasteiger partial charge in [-0.3, -0.25) is 4.57 Å². The highest BCUT2D eigenvalue weighted by Gasteiger charge is 2.14. The molecule has 30 heavy (non-hydrogen) atoms. The summed E-state index contributed by atoms with van der Waals surface area (Å²) in [6.07, 6.45) is 6.94. The van der Waals surface area contributed by atoms with Crippen LogP contribution in [0.2, 0.25) is 0 Å². The third-order valence-corrected chi connectivity index (χ3v) is 4.84. The van der Waals surface area contributed by atoms with Crippen molar-refractivity contribution < 1.29 is 9.90 Å². The summed E-state index contributed by atoms with van der Waals surface area (Å²) in [5.41, 5.74) is 2.55. The first-order valence-electron chi connectivity index (χ1n) is 9.85. The molecule has 1 aromatic heterocycles. The molecule has 0 bridgehead atoms. The van der Waals surface area contributed by atoms with Crippen molar-refractivity contribution in [1.29, 1.82) is 0 Å². The van der Waals surface area contributed by atoms with Crippen LogP contribution in [0.3, 0.4) is 0 Å². The summed E-state index contributed by atoms with van der Waals surface area (Å²) in [5, 5.41) is 13.9. The third kappa shape index (κ3) is 4.66. The van der Waals surface area contributed by atoms with Gasteiger partial charge in [0.2, 0.25) is 0 Å². The third-order valence-electron chi connectivity index (χ3n) is 4.84. The molecule has 154 valence electrons. The Morgan fingerprint density at radius 3 is 2.57 bits per heavy atom. The molecule has 0 radical (unpaired) electrons. The monoisotopic (exact) mass is 403 g/mol. The number of hydrogen-bond donors (Lipinski definition) is 1. The van der Waals surface area contributed by atoms with Crippen LogP contribution in [0.15, 0.2) is 78.1 Å². The lowest BCUT2D eigenvalue weighted by Gasteiger charge is -2.08. The van der Waals surface area contributed by atoms with Crippen molar-refractivity contribution in [3.05, 3.63) is 101 Å². The maximum absolute atomic E-state index is 12.8. The van der Waals surface area contributed by atoms with E-state index in [1.165, 1.54) is 4.68 Å². The molecule has 0 aliphatic heterocycles. The molecule has 2 aromatic carbocycles. The Kier molecular flexibility index (Phi) is 6.80. The van der Waals surface area contributed by atoms with Gasteiger partial charge >= 0.3 is 11.7 Å². The lowest BCUT2D eigenvalue weighted by atomic mass is 9.99. The number of benzene rings is 2. The molecule has 0 amide bonds. The van der Waals surface area contributed by atoms with Crippen LogP contribution in [0.4, 0.5) is 0 Å². The highest BCUT2D eigenvalue weighted by atomic mass is 16.4. The van der Waals surface area contributed by atoms with Crippen molar-refractivity contribution in [2.24, 2.45) is 0 Å². The van der Waals surface area contributed by atoms with Gasteiger partial charge in [-0.25, -0.2) is 14.3 Å². The van der Waals surface area contributed by atoms with Gasteiger partial charge in [0, 0.05) is 13.0 Å². The maximum Gasteiger partial charge on any atom is 0.346 e. The van der Waals surface area contributed by atoms with Gasteiger partial charge in [0.15, 0.2) is 0 Å². The van der Waals surface area contributed by atoms with E-state index in [9.17, 15) is 14.7 Å². The van der Waals surface area contributed by atoms with E-state index in [1.807, 2.05) is 49.4 Å². The van der Waals surface area contributed by atoms with Gasteiger partial charge in [0.05, 0.1) is 12.1 Å². The number of carboxylic acids is 1. The summed E-state index contributed by atoms with van der Waals surface area (Å²) in [7, 11) is 0. The average molecular weight is 403 g/mol. The Hall–Kier alpha value is -3.67. The van der Waals surface area contributed by atoms with Crippen LogP contribution in [0.5, 0.6) is 0 Å². The number of aromatic carboxylic acids is 1. The summed E-state index contributed by atoms with van der Waals surface area (Å²) < 4.78 is 3.17. The first kappa shape index (κ1) is 21.0. The van der Waals surface area contributed by atoms with Gasteiger partial charge in [0.1, 0.15) is 5.82 Å². The van der Waals surface area contributed by atoms with E-state index in [0.29, 0.717) is 37.3 Å². The van der Waals surface area contributed by atoms with Crippen LogP contribution in [-0.2, 0) is 19.5 Å². The number of rotatable bonds is 9. The van der Waals surface area contributed by atoms with Crippen LogP contribution in [-0.4, -0.2) is 25.4 Å². The standard InChI is InChI=1S/C24H25N3O3/c1-3-5-11-22-25-27(16-6-4-2)24(30)26(22)17-18-12-14-19(15-13-18)20-9-7-8-10-21(20)23(28)29/h3-5,7-10,12-15H,2,6,11,16-17H2,1H3,(H,28,29). The zero-order chi connectivity index (χ0) is 21.5. The quantitative estimate of drug-likeness (QED) is 0.545. The molecule has 0 spiro atoms. The van der Waals surface area contributed by atoms with Gasteiger partial charge in [-0.1, -0.05) is 60.7 Å². The molecule has 0 unspecified atom stereocenters. The van der Waals surface area contributed by atoms with Gasteiger partial charge in [-0.2, -0.15) is 5.10 Å². The van der Waals surface area contributed by atoms with Crippen molar-refractivity contribution in [1.82, 2.24) is 14.3 Å². The molecule has 1 heterocycles. The normalized spacial score (nSPS) is 11.1. The van der Waals surface area contributed by atoms with E-state index in [-0.39, 0.29) is 11.3 Å². The Balaban J connectivity index is 1.90. The number of nitrogens with zero attached hydrogens (tertiary/aromatic N) is 3. The molecule has 3 aromatic rings. The zero-order valence-electron chi connectivity index (χ0n) is 17.0. The van der Waals surface area contributed by atoms with Crippen molar-refractivity contribution in [2.45, 2.75) is 32.9 Å². The molecule has 0 fully saturated rings. The molecule has 0 aliphatic rings. The molecular formula is C24H25N3O3. The van der Waals surface area contributed by atoms with Crippen molar-refractivity contribution in [3.63, 3.8) is 0 Å². The van der Waals surface area contributed by atoms with Crippen molar-refractivity contribution in [2.75, 3.05) is 0 Å². The number of aromatic nitrogens is 3. The summed E-state index contributed by atoms with van der Waals surface area (Å²) in [6, 6.07) is 14.5. The van der Waals surface area contributed by atoms with Crippen LogP contribution < -0.4 is 5.69 Å². The molecular weight excluding hydrogens is 378 g/mol. The smallest absolute Gasteiger partial charge is 0.346 e. The average Bonchev–Trinajstić information content (AvgIpc) is 3.05. The second-order valence-electron chi connectivity index (χ2n) is 6.91. The van der Waals surface area contributed by atoms with E-state index in [1.54, 1.807) is 28.8 Å². The number of carboxylic acid groups (broad SMARTS) is 1. The number of carbonyl (C=O) groups is 1. The lowest BCUT2D eigenvalue weighted by molar-refractivity contribution is 0.0697. The highest BCUT2D eigenvalue weighted by molar-refractivity contribution is 5.95. The number of allylic oxidation sites excluding steroid dienone is 3. The minimum Gasteiger partial charge on any atom is -0.478 e. The van der Waals surface area contributed by atoms with Gasteiger partial charge < -0.3 is 5.11 Å². The van der Waals surface area contributed by atoms with Crippen LogP contribution >= 0.6 is 0 Å². The van der Waals surface area contributed by atoms with E-state index in [0.717, 1.165) is 11.1 Å². The number of aryl methyl sites for hydroxylation is 1. The molecule has 0 atom stereocenters. The predicted octanol–water partition coefficient (Wildman–Crippen LogP) is 4.15. The minimum absolute atomic E-state index is 0.142. The van der Waals surface area contributed by atoms with Crippen molar-refractivity contribution >= 4 is 5.97 Å². The van der Waals surface area contributed by atoms with Crippen LogP contribution in [0.1, 0.15) is 35.1 Å². The summed E-state index contributed by atoms with van der Waals surface area (Å²) in [5.74, 6) is -0.246. The largest absolute Gasteiger partial charge is 0.478 e. The second kappa shape index (κ2) is 9.69. The molecule has 6 nitrogen and oxygen atoms in total. The van der Waals surface area contributed by atoms with Crippen LogP contribution in [0.25, 0.3) is 11.1 Å². The topological polar surface area (TPSA) is 77.1 Å². The van der Waals surface area contributed by atoms with Crippen LogP contribution in [0, 0.1) is 0 Å². The van der Waals surface area contributed by atoms with E-state index >= 15 is 0 Å². The lowest BCUT2D eigenvalue weighted by Crippen LogP contribution is -2.26. The summed E-state index contributed by atoms with van der Waals surface area (Å²) >= 11 is 0. The first-order chi connectivity index (χ1) is 14.5. The van der Waals surface area contributed by atoms with Gasteiger partial charge in [0.25, 0.3) is 0 Å². The minimum atomic E-state index is -0.957. The Labute approximate surface area is 175 Å². The van der Waals surface area contributed by atoms with Crippen molar-refractivity contribution in [3.8, 4) is 11.1 Å². The highest BCUT2D eigenvalue weighted by Crippen LogP contribution is 2.24. The predicted molar refractivity (Wildman–Crippen MR) is 118 cm³/mol. The second-order valence-corrected chi connectivity index (χ2v) is 6.91. The first-order valence-corrected chi connectivity index (χ1v) is 9.85. The fraction of sp³-hybridized carbons (Fsp3) is 0.208. The van der Waals surface area contributed by atoms with Gasteiger partial charge in [-0.05, 0) is 36.1 Å². The van der Waals surface area contributed by atoms with E-state index in [4.69, 9.17) is 0 Å². The molecule has 0 saturated carbocycles. The molecule has 0 saturated heterocycles. The summed E-state index contributed by atoms with van der Waals surface area (Å²) in [6.45, 7) is 6.55. The Morgan fingerprint density at radius 1 is 1.17 bits per heavy atom. The fourth-order valence-corrected chi connectivity index (χ4v) is 3.27. The Bertz CT molecular complexity index is 1120. The maximum atomic E-state index is 12.8. The van der Waals surface area contributed by atoms with E-state index < -0.39 is 5.97 Å². The zero-order valence-corrected chi connectivity index (χ0v) is 17.0. The molecule has 1 N–H and O–H groups in total. The Morgan fingerprint density at radius 2 is 1.90 bits per heavy atom. The summed E-state index contributed by atoms with van der Waals surface area (Å²) in [4.78, 5) is 24.3. The SMILES string of the molecule is C=CCCn1nc(CC=CC)n(Cc2ccc(-c3ccccc3C(=O)O)cc2)c1=O. The van der Waals surface area contributed by atoms with Gasteiger partial charge in [-0.15, -0.1) is 6.58 Å². The number of hydrogen-bond acceptors (Lipinski definition) is 3. The van der Waals surface area contributed by atoms with E-state index in [2.05, 4.69) is 11.7 Å². The fourth-order valence-electron chi connectivity index (χ4n) is 3.27. The molecule has 3 rings (SSSR count). The molecule has 6 heteroatoms.